The number of amides is 1. The first-order chi connectivity index (χ1) is 9.69. The van der Waals surface area contributed by atoms with Gasteiger partial charge < -0.3 is 8.98 Å². The van der Waals surface area contributed by atoms with Crippen molar-refractivity contribution in [3.05, 3.63) is 53.7 Å². The summed E-state index contributed by atoms with van der Waals surface area (Å²) in [6, 6.07) is 11.3. The van der Waals surface area contributed by atoms with Crippen molar-refractivity contribution < 1.29 is 9.21 Å². The lowest BCUT2D eigenvalue weighted by molar-refractivity contribution is 0.0924. The molecule has 1 aromatic carbocycles. The summed E-state index contributed by atoms with van der Waals surface area (Å²) in [5.74, 6) is 6.40. The molecule has 0 aliphatic carbocycles. The van der Waals surface area contributed by atoms with E-state index in [1.165, 1.54) is 0 Å². The van der Waals surface area contributed by atoms with E-state index < -0.39 is 5.91 Å². The average Bonchev–Trinajstić information content (AvgIpc) is 3.04. The fraction of sp³-hybridized carbons (Fsp3) is 0.143. The summed E-state index contributed by atoms with van der Waals surface area (Å²) in [6.45, 7) is 2.46. The predicted octanol–water partition coefficient (Wildman–Crippen LogP) is 1.59. The van der Waals surface area contributed by atoms with Crippen LogP contribution in [0.25, 0.3) is 11.0 Å². The summed E-state index contributed by atoms with van der Waals surface area (Å²) in [6.07, 6.45) is 0. The highest BCUT2D eigenvalue weighted by Gasteiger charge is 2.12. The van der Waals surface area contributed by atoms with E-state index in [0.717, 1.165) is 16.9 Å². The SMILES string of the molecule is Cc1nc2ccccc2n1Cc1ccc(C(=O)NN)o1. The van der Waals surface area contributed by atoms with Gasteiger partial charge in [0.1, 0.15) is 11.6 Å². The molecule has 20 heavy (non-hydrogen) atoms. The van der Waals surface area contributed by atoms with E-state index in [0.29, 0.717) is 12.3 Å². The number of imidazole rings is 1. The van der Waals surface area contributed by atoms with Gasteiger partial charge in [0.25, 0.3) is 0 Å². The lowest BCUT2D eigenvalue weighted by Gasteiger charge is -2.04. The Morgan fingerprint density at radius 1 is 1.35 bits per heavy atom. The molecular formula is C14H14N4O2. The fourth-order valence-corrected chi connectivity index (χ4v) is 2.21. The van der Waals surface area contributed by atoms with Crippen LogP contribution in [0.3, 0.4) is 0 Å². The molecule has 3 N–H and O–H groups in total. The topological polar surface area (TPSA) is 86.1 Å². The molecular weight excluding hydrogens is 256 g/mol. The molecule has 0 saturated heterocycles. The van der Waals surface area contributed by atoms with Crippen LogP contribution in [0.15, 0.2) is 40.8 Å². The van der Waals surface area contributed by atoms with Gasteiger partial charge in [-0.1, -0.05) is 12.1 Å². The highest BCUT2D eigenvalue weighted by Crippen LogP contribution is 2.18. The third kappa shape index (κ3) is 2.06. The average molecular weight is 270 g/mol. The van der Waals surface area contributed by atoms with Crippen LogP contribution in [0, 0.1) is 6.92 Å². The van der Waals surface area contributed by atoms with Gasteiger partial charge >= 0.3 is 5.91 Å². The van der Waals surface area contributed by atoms with Gasteiger partial charge in [-0.15, -0.1) is 0 Å². The maximum Gasteiger partial charge on any atom is 0.300 e. The maximum atomic E-state index is 11.4. The number of aryl methyl sites for hydroxylation is 1. The van der Waals surface area contributed by atoms with Crippen molar-refractivity contribution in [1.29, 1.82) is 0 Å². The summed E-state index contributed by atoms with van der Waals surface area (Å²) >= 11 is 0. The lowest BCUT2D eigenvalue weighted by atomic mass is 10.3. The molecule has 2 heterocycles. The van der Waals surface area contributed by atoms with E-state index in [1.54, 1.807) is 12.1 Å². The number of fused-ring (bicyclic) bond motifs is 1. The van der Waals surface area contributed by atoms with Crippen molar-refractivity contribution >= 4 is 16.9 Å². The number of carbonyl (C=O) groups excluding carboxylic acids is 1. The van der Waals surface area contributed by atoms with Crippen LogP contribution in [0.4, 0.5) is 0 Å². The van der Waals surface area contributed by atoms with Gasteiger partial charge in [0, 0.05) is 0 Å². The Balaban J connectivity index is 1.95. The number of rotatable bonds is 3. The summed E-state index contributed by atoms with van der Waals surface area (Å²) in [5, 5.41) is 0. The summed E-state index contributed by atoms with van der Waals surface area (Å²) in [4.78, 5) is 15.8. The second-order valence-electron chi connectivity index (χ2n) is 4.47. The Bertz CT molecular complexity index is 772. The van der Waals surface area contributed by atoms with Gasteiger partial charge in [-0.2, -0.15) is 0 Å². The van der Waals surface area contributed by atoms with Crippen molar-refractivity contribution in [2.45, 2.75) is 13.5 Å². The normalized spacial score (nSPS) is 10.9. The minimum absolute atomic E-state index is 0.199. The van der Waals surface area contributed by atoms with Gasteiger partial charge in [-0.3, -0.25) is 10.2 Å². The first-order valence-electron chi connectivity index (χ1n) is 6.20. The molecule has 0 saturated carbocycles. The van der Waals surface area contributed by atoms with Crippen molar-refractivity contribution in [1.82, 2.24) is 15.0 Å². The van der Waals surface area contributed by atoms with Gasteiger partial charge in [0.2, 0.25) is 0 Å². The summed E-state index contributed by atoms with van der Waals surface area (Å²) in [7, 11) is 0. The molecule has 102 valence electrons. The largest absolute Gasteiger partial charge is 0.454 e. The van der Waals surface area contributed by atoms with Gasteiger partial charge in [0.05, 0.1) is 17.6 Å². The van der Waals surface area contributed by atoms with E-state index in [2.05, 4.69) is 4.98 Å². The number of hydrazine groups is 1. The number of nitrogens with two attached hydrogens (primary N) is 1. The molecule has 0 aliphatic rings. The molecule has 3 rings (SSSR count). The number of nitrogens with one attached hydrogen (secondary N) is 1. The van der Waals surface area contributed by atoms with Crippen LogP contribution in [0.5, 0.6) is 0 Å². The number of para-hydroxylation sites is 2. The van der Waals surface area contributed by atoms with Gasteiger partial charge in [0.15, 0.2) is 5.76 Å². The first kappa shape index (κ1) is 12.4. The molecule has 0 atom stereocenters. The monoisotopic (exact) mass is 270 g/mol. The lowest BCUT2D eigenvalue weighted by Crippen LogP contribution is -2.29. The Labute approximate surface area is 115 Å². The number of hydrogen-bond acceptors (Lipinski definition) is 4. The summed E-state index contributed by atoms with van der Waals surface area (Å²) in [5.41, 5.74) is 4.02. The third-order valence-electron chi connectivity index (χ3n) is 3.18. The van der Waals surface area contributed by atoms with Crippen LogP contribution in [-0.2, 0) is 6.54 Å². The smallest absolute Gasteiger partial charge is 0.300 e. The summed E-state index contributed by atoms with van der Waals surface area (Å²) < 4.78 is 7.51. The van der Waals surface area contributed by atoms with Crippen LogP contribution >= 0.6 is 0 Å². The third-order valence-corrected chi connectivity index (χ3v) is 3.18. The Morgan fingerprint density at radius 3 is 2.95 bits per heavy atom. The van der Waals surface area contributed by atoms with Crippen molar-refractivity contribution in [2.24, 2.45) is 5.84 Å². The molecule has 0 spiro atoms. The van der Waals surface area contributed by atoms with E-state index in [9.17, 15) is 4.79 Å². The zero-order valence-corrected chi connectivity index (χ0v) is 11.0. The maximum absolute atomic E-state index is 11.4. The quantitative estimate of drug-likeness (QED) is 0.430. The minimum Gasteiger partial charge on any atom is -0.454 e. The number of hydrogen-bond donors (Lipinski definition) is 2. The molecule has 0 unspecified atom stereocenters. The number of furan rings is 1. The standard InChI is InChI=1S/C14H14N4O2/c1-9-16-11-4-2-3-5-12(11)18(9)8-10-6-7-13(20-10)14(19)17-15/h2-7H,8,15H2,1H3,(H,17,19). The van der Waals surface area contributed by atoms with Crippen molar-refractivity contribution in [3.63, 3.8) is 0 Å². The highest BCUT2D eigenvalue weighted by atomic mass is 16.4. The van der Waals surface area contributed by atoms with Crippen molar-refractivity contribution in [2.75, 3.05) is 0 Å². The second-order valence-corrected chi connectivity index (χ2v) is 4.47. The number of carbonyl (C=O) groups is 1. The first-order valence-corrected chi connectivity index (χ1v) is 6.20. The molecule has 0 aliphatic heterocycles. The number of nitrogen functional groups attached to an aromatic ring is 1. The van der Waals surface area contributed by atoms with E-state index in [4.69, 9.17) is 10.3 Å². The Morgan fingerprint density at radius 2 is 2.15 bits per heavy atom. The van der Waals surface area contributed by atoms with Gasteiger partial charge in [-0.25, -0.2) is 10.8 Å². The van der Waals surface area contributed by atoms with Crippen LogP contribution in [0.1, 0.15) is 22.1 Å². The second kappa shape index (κ2) is 4.82. The molecule has 2 aromatic heterocycles. The molecule has 3 aromatic rings. The molecule has 6 heteroatoms. The van der Waals surface area contributed by atoms with Crippen LogP contribution in [0.2, 0.25) is 0 Å². The molecule has 1 amide bonds. The number of aromatic nitrogens is 2. The van der Waals surface area contributed by atoms with E-state index >= 15 is 0 Å². The van der Waals surface area contributed by atoms with Crippen molar-refractivity contribution in [3.8, 4) is 0 Å². The number of nitrogens with zero attached hydrogens (tertiary/aromatic N) is 2. The molecule has 0 fully saturated rings. The van der Waals surface area contributed by atoms with Crippen LogP contribution in [-0.4, -0.2) is 15.5 Å². The van der Waals surface area contributed by atoms with E-state index in [1.807, 2.05) is 41.2 Å². The molecule has 0 bridgehead atoms. The van der Waals surface area contributed by atoms with Crippen LogP contribution < -0.4 is 11.3 Å². The van der Waals surface area contributed by atoms with E-state index in [-0.39, 0.29) is 5.76 Å². The number of benzene rings is 1. The zero-order chi connectivity index (χ0) is 14.1. The fourth-order valence-electron chi connectivity index (χ4n) is 2.21. The Hall–Kier alpha value is -2.60. The van der Waals surface area contributed by atoms with Gasteiger partial charge in [-0.05, 0) is 31.2 Å². The predicted molar refractivity (Wildman–Crippen MR) is 73.9 cm³/mol. The molecule has 6 nitrogen and oxygen atoms in total. The minimum atomic E-state index is -0.441. The highest BCUT2D eigenvalue weighted by molar-refractivity contribution is 5.90. The zero-order valence-electron chi connectivity index (χ0n) is 11.0. The molecule has 0 radical (unpaired) electrons. The Kier molecular flexibility index (Phi) is 3.00.